The van der Waals surface area contributed by atoms with Gasteiger partial charge in [0.25, 0.3) is 0 Å². The number of aliphatic hydroxyl groups is 1. The van der Waals surface area contributed by atoms with Crippen molar-refractivity contribution in [1.82, 2.24) is 24.4 Å². The molecule has 0 amide bonds. The fourth-order valence-corrected chi connectivity index (χ4v) is 5.56. The minimum Gasteiger partial charge on any atom is -0.513 e. The fraction of sp³-hybridized carbons (Fsp3) is 0.464. The van der Waals surface area contributed by atoms with Gasteiger partial charge in [0.05, 0.1) is 31.1 Å². The van der Waals surface area contributed by atoms with Gasteiger partial charge >= 0.3 is 0 Å². The Labute approximate surface area is 216 Å². The Bertz CT molecular complexity index is 1440. The predicted molar refractivity (Wildman–Crippen MR) is 144 cm³/mol. The Hall–Kier alpha value is -3.43. The lowest BCUT2D eigenvalue weighted by Crippen LogP contribution is -2.37. The number of aliphatic hydroxyl groups excluding tert-OH is 1. The van der Waals surface area contributed by atoms with Crippen molar-refractivity contribution in [3.05, 3.63) is 48.2 Å². The molecule has 0 atom stereocenters. The van der Waals surface area contributed by atoms with E-state index in [1.165, 1.54) is 0 Å². The SMILES string of the molecule is C=C(O)C1CCN(Cc2nc3c(N4CCOCC4)nc(-c4c(CC)oc5ccccc45)nc3n2C)CC1. The molecule has 9 heteroatoms. The predicted octanol–water partition coefficient (Wildman–Crippen LogP) is 4.46. The summed E-state index contributed by atoms with van der Waals surface area (Å²) in [6, 6.07) is 8.09. The largest absolute Gasteiger partial charge is 0.513 e. The monoisotopic (exact) mass is 502 g/mol. The molecule has 4 aromatic rings. The molecule has 0 saturated carbocycles. The summed E-state index contributed by atoms with van der Waals surface area (Å²) in [6.45, 7) is 11.2. The second kappa shape index (κ2) is 9.79. The van der Waals surface area contributed by atoms with Gasteiger partial charge in [-0.2, -0.15) is 0 Å². The van der Waals surface area contributed by atoms with Crippen molar-refractivity contribution < 1.29 is 14.3 Å². The van der Waals surface area contributed by atoms with E-state index in [2.05, 4.69) is 33.9 Å². The number of fused-ring (bicyclic) bond motifs is 2. The summed E-state index contributed by atoms with van der Waals surface area (Å²) >= 11 is 0. The molecular formula is C28H34N6O3. The molecule has 5 heterocycles. The number of hydrogen-bond acceptors (Lipinski definition) is 8. The summed E-state index contributed by atoms with van der Waals surface area (Å²) in [5.74, 6) is 3.88. The van der Waals surface area contributed by atoms with Crippen LogP contribution in [0.4, 0.5) is 5.82 Å². The van der Waals surface area contributed by atoms with Crippen LogP contribution in [0.3, 0.4) is 0 Å². The minimum atomic E-state index is 0.190. The van der Waals surface area contributed by atoms with Crippen LogP contribution in [0.2, 0.25) is 0 Å². The maximum absolute atomic E-state index is 9.79. The fourth-order valence-electron chi connectivity index (χ4n) is 5.56. The molecule has 6 rings (SSSR count). The zero-order valence-corrected chi connectivity index (χ0v) is 21.6. The lowest BCUT2D eigenvalue weighted by Gasteiger charge is -2.31. The molecule has 1 N–H and O–H groups in total. The molecule has 1 aromatic carbocycles. The Balaban J connectivity index is 1.44. The highest BCUT2D eigenvalue weighted by Crippen LogP contribution is 2.36. The lowest BCUT2D eigenvalue weighted by atomic mass is 9.95. The normalized spacial score (nSPS) is 17.7. The van der Waals surface area contributed by atoms with Crippen LogP contribution in [-0.4, -0.2) is 68.9 Å². The number of furan rings is 1. The van der Waals surface area contributed by atoms with E-state index < -0.39 is 0 Å². The van der Waals surface area contributed by atoms with E-state index in [-0.39, 0.29) is 5.92 Å². The molecule has 194 valence electrons. The number of allylic oxidation sites excluding steroid dienone is 1. The third kappa shape index (κ3) is 4.36. The van der Waals surface area contributed by atoms with Gasteiger partial charge in [0, 0.05) is 37.9 Å². The molecule has 3 aromatic heterocycles. The summed E-state index contributed by atoms with van der Waals surface area (Å²) in [4.78, 5) is 20.0. The topological polar surface area (TPSA) is 92.7 Å². The van der Waals surface area contributed by atoms with E-state index in [1.54, 1.807) is 0 Å². The molecule has 37 heavy (non-hydrogen) atoms. The maximum atomic E-state index is 9.79. The van der Waals surface area contributed by atoms with E-state index in [1.807, 2.05) is 25.2 Å². The van der Waals surface area contributed by atoms with Gasteiger partial charge in [-0.05, 0) is 32.0 Å². The Morgan fingerprint density at radius 1 is 1.08 bits per heavy atom. The highest BCUT2D eigenvalue weighted by Gasteiger charge is 2.27. The molecule has 0 spiro atoms. The van der Waals surface area contributed by atoms with Crippen molar-refractivity contribution in [2.24, 2.45) is 13.0 Å². The highest BCUT2D eigenvalue weighted by atomic mass is 16.5. The summed E-state index contributed by atoms with van der Waals surface area (Å²) in [6.07, 6.45) is 2.58. The van der Waals surface area contributed by atoms with Crippen LogP contribution in [0.15, 0.2) is 41.0 Å². The van der Waals surface area contributed by atoms with Crippen molar-refractivity contribution >= 4 is 28.0 Å². The number of imidazole rings is 1. The Kier molecular flexibility index (Phi) is 6.34. The summed E-state index contributed by atoms with van der Waals surface area (Å²) < 4.78 is 13.9. The lowest BCUT2D eigenvalue weighted by molar-refractivity contribution is 0.122. The van der Waals surface area contributed by atoms with Crippen molar-refractivity contribution in [2.75, 3.05) is 44.3 Å². The van der Waals surface area contributed by atoms with Crippen LogP contribution in [-0.2, 0) is 24.8 Å². The first-order valence-corrected chi connectivity index (χ1v) is 13.2. The second-order valence-electron chi connectivity index (χ2n) is 10.0. The van der Waals surface area contributed by atoms with Crippen LogP contribution in [0.25, 0.3) is 33.5 Å². The minimum absolute atomic E-state index is 0.190. The smallest absolute Gasteiger partial charge is 0.168 e. The highest BCUT2D eigenvalue weighted by molar-refractivity contribution is 5.96. The molecule has 0 unspecified atom stereocenters. The first-order valence-electron chi connectivity index (χ1n) is 13.2. The van der Waals surface area contributed by atoms with Gasteiger partial charge in [0.15, 0.2) is 22.8 Å². The van der Waals surface area contributed by atoms with Crippen LogP contribution in [0.1, 0.15) is 31.4 Å². The first-order chi connectivity index (χ1) is 18.0. The van der Waals surface area contributed by atoms with Crippen LogP contribution in [0.5, 0.6) is 0 Å². The zero-order chi connectivity index (χ0) is 25.5. The average Bonchev–Trinajstić information content (AvgIpc) is 3.46. The Morgan fingerprint density at radius 2 is 1.84 bits per heavy atom. The maximum Gasteiger partial charge on any atom is 0.168 e. The summed E-state index contributed by atoms with van der Waals surface area (Å²) in [5, 5.41) is 10.8. The first kappa shape index (κ1) is 23.9. The molecule has 9 nitrogen and oxygen atoms in total. The summed E-state index contributed by atoms with van der Waals surface area (Å²) in [7, 11) is 2.04. The van der Waals surface area contributed by atoms with E-state index in [0.717, 1.165) is 97.1 Å². The second-order valence-corrected chi connectivity index (χ2v) is 10.0. The number of ether oxygens (including phenoxy) is 1. The van der Waals surface area contributed by atoms with E-state index in [4.69, 9.17) is 24.1 Å². The molecule has 2 aliphatic heterocycles. The molecule has 0 aliphatic carbocycles. The van der Waals surface area contributed by atoms with E-state index >= 15 is 0 Å². The number of benzene rings is 1. The van der Waals surface area contributed by atoms with Crippen molar-refractivity contribution in [3.8, 4) is 11.4 Å². The van der Waals surface area contributed by atoms with E-state index in [9.17, 15) is 5.11 Å². The van der Waals surface area contributed by atoms with Gasteiger partial charge in [-0.3, -0.25) is 4.90 Å². The summed E-state index contributed by atoms with van der Waals surface area (Å²) in [5.41, 5.74) is 3.47. The molecule has 2 aliphatic rings. The van der Waals surface area contributed by atoms with Crippen LogP contribution >= 0.6 is 0 Å². The van der Waals surface area contributed by atoms with Crippen molar-refractivity contribution in [1.29, 1.82) is 0 Å². The van der Waals surface area contributed by atoms with Gasteiger partial charge in [0.1, 0.15) is 17.2 Å². The molecule has 2 fully saturated rings. The van der Waals surface area contributed by atoms with Gasteiger partial charge in [-0.1, -0.05) is 31.7 Å². The molecule has 2 saturated heterocycles. The van der Waals surface area contributed by atoms with Crippen molar-refractivity contribution in [3.63, 3.8) is 0 Å². The molecule has 0 radical (unpaired) electrons. The van der Waals surface area contributed by atoms with E-state index in [0.29, 0.717) is 24.8 Å². The number of anilines is 1. The van der Waals surface area contributed by atoms with Gasteiger partial charge < -0.3 is 23.7 Å². The van der Waals surface area contributed by atoms with Gasteiger partial charge in [0.2, 0.25) is 0 Å². The van der Waals surface area contributed by atoms with Crippen LogP contribution < -0.4 is 4.90 Å². The average molecular weight is 503 g/mol. The third-order valence-corrected chi connectivity index (χ3v) is 7.74. The van der Waals surface area contributed by atoms with Gasteiger partial charge in [-0.15, -0.1) is 0 Å². The molecule has 0 bridgehead atoms. The Morgan fingerprint density at radius 3 is 2.57 bits per heavy atom. The number of piperidine rings is 1. The van der Waals surface area contributed by atoms with Crippen molar-refractivity contribution in [2.45, 2.75) is 32.7 Å². The number of morpholine rings is 1. The standard InChI is InChI=1S/C28H34N6O3/c1-4-21-24(20-7-5-6-8-22(20)37-21)26-30-27-25(28(31-26)34-13-15-36-16-14-34)29-23(32(27)3)17-33-11-9-19(10-12-33)18(2)35/h5-8,19,35H,2,4,9-17H2,1,3H3. The third-order valence-electron chi connectivity index (χ3n) is 7.74. The number of aromatic nitrogens is 4. The van der Waals surface area contributed by atoms with Gasteiger partial charge in [-0.25, -0.2) is 15.0 Å². The number of para-hydroxylation sites is 1. The van der Waals surface area contributed by atoms with Crippen LogP contribution in [0, 0.1) is 5.92 Å². The molecular weight excluding hydrogens is 468 g/mol. The number of rotatable bonds is 6. The number of nitrogens with zero attached hydrogens (tertiary/aromatic N) is 6. The number of likely N-dealkylation sites (tertiary alicyclic amines) is 1. The zero-order valence-electron chi connectivity index (χ0n) is 21.6. The number of aryl methyl sites for hydroxylation is 2. The number of hydrogen-bond donors (Lipinski definition) is 1. The quantitative estimate of drug-likeness (QED) is 0.387.